The summed E-state index contributed by atoms with van der Waals surface area (Å²) in [6.07, 6.45) is 0. The predicted octanol–water partition coefficient (Wildman–Crippen LogP) is 0.166. The minimum atomic E-state index is -1.04. The van der Waals surface area contributed by atoms with E-state index in [1.807, 2.05) is 30.3 Å². The number of aromatic nitrogens is 4. The van der Waals surface area contributed by atoms with Gasteiger partial charge in [-0.1, -0.05) is 30.0 Å². The summed E-state index contributed by atoms with van der Waals surface area (Å²) < 4.78 is 1.54. The molecule has 0 spiro atoms. The van der Waals surface area contributed by atoms with E-state index in [0.717, 1.165) is 5.69 Å². The third-order valence-electron chi connectivity index (χ3n) is 2.15. The lowest BCUT2D eigenvalue weighted by Gasteiger charge is -2.06. The molecule has 0 saturated carbocycles. The Hall–Kier alpha value is -1.93. The van der Waals surface area contributed by atoms with Gasteiger partial charge in [-0.15, -0.1) is 5.10 Å². The summed E-state index contributed by atoms with van der Waals surface area (Å²) in [6, 6.07) is 8.41. The number of carbonyl (C=O) groups is 1. The van der Waals surface area contributed by atoms with Crippen LogP contribution in [0, 0.1) is 0 Å². The average molecular weight is 265 g/mol. The fraction of sp³-hybridized carbons (Fsp3) is 0.200. The molecular formula is C10H11N5O2S. The molecule has 1 atom stereocenters. The molecule has 2 rings (SSSR count). The first-order valence-electron chi connectivity index (χ1n) is 5.13. The normalized spacial score (nSPS) is 12.3. The first kappa shape index (κ1) is 12.5. The number of para-hydroxylation sites is 1. The molecule has 1 aromatic carbocycles. The monoisotopic (exact) mass is 265 g/mol. The van der Waals surface area contributed by atoms with Gasteiger partial charge in [0.15, 0.2) is 0 Å². The molecule has 0 saturated heterocycles. The molecule has 0 aliphatic rings. The molecule has 1 heterocycles. The van der Waals surface area contributed by atoms with E-state index in [2.05, 4.69) is 15.5 Å². The number of rotatable bonds is 5. The summed E-state index contributed by atoms with van der Waals surface area (Å²) in [7, 11) is 0. The Morgan fingerprint density at radius 2 is 2.17 bits per heavy atom. The number of nitrogens with zero attached hydrogens (tertiary/aromatic N) is 4. The molecule has 7 nitrogen and oxygen atoms in total. The third-order valence-corrected chi connectivity index (χ3v) is 3.19. The Kier molecular flexibility index (Phi) is 3.90. The second kappa shape index (κ2) is 5.61. The van der Waals surface area contributed by atoms with E-state index in [1.165, 1.54) is 11.8 Å². The highest BCUT2D eigenvalue weighted by molar-refractivity contribution is 7.99. The minimum absolute atomic E-state index is 0.211. The Morgan fingerprint density at radius 1 is 1.44 bits per heavy atom. The lowest BCUT2D eigenvalue weighted by molar-refractivity contribution is -0.137. The van der Waals surface area contributed by atoms with Crippen molar-refractivity contribution in [2.24, 2.45) is 5.73 Å². The molecule has 1 aromatic heterocycles. The first-order chi connectivity index (χ1) is 8.68. The van der Waals surface area contributed by atoms with E-state index < -0.39 is 12.0 Å². The number of hydrogen-bond acceptors (Lipinski definition) is 6. The van der Waals surface area contributed by atoms with Gasteiger partial charge in [0.2, 0.25) is 5.16 Å². The fourth-order valence-electron chi connectivity index (χ4n) is 1.24. The van der Waals surface area contributed by atoms with Crippen molar-refractivity contribution >= 4 is 17.7 Å². The number of tetrazole rings is 1. The van der Waals surface area contributed by atoms with E-state index in [4.69, 9.17) is 10.8 Å². The average Bonchev–Trinajstić information content (AvgIpc) is 2.85. The number of aliphatic carboxylic acids is 1. The summed E-state index contributed by atoms with van der Waals surface area (Å²) >= 11 is 1.21. The van der Waals surface area contributed by atoms with Crippen LogP contribution in [0.25, 0.3) is 5.69 Å². The second-order valence-electron chi connectivity index (χ2n) is 3.46. The zero-order valence-electron chi connectivity index (χ0n) is 9.30. The molecule has 94 valence electrons. The summed E-state index contributed by atoms with van der Waals surface area (Å²) in [6.45, 7) is 0. The standard InChI is InChI=1S/C10H11N5O2S/c11-8(9(16)17)6-18-10-12-13-14-15(10)7-4-2-1-3-5-7/h1-5,8H,6,11H2,(H,16,17)/t8-/m1/s1. The molecule has 8 heteroatoms. The smallest absolute Gasteiger partial charge is 0.321 e. The lowest BCUT2D eigenvalue weighted by atomic mass is 10.3. The summed E-state index contributed by atoms with van der Waals surface area (Å²) in [5.41, 5.74) is 6.24. The quantitative estimate of drug-likeness (QED) is 0.742. The van der Waals surface area contributed by atoms with Crippen LogP contribution < -0.4 is 5.73 Å². The van der Waals surface area contributed by atoms with E-state index in [-0.39, 0.29) is 5.75 Å². The zero-order valence-corrected chi connectivity index (χ0v) is 10.1. The topological polar surface area (TPSA) is 107 Å². The van der Waals surface area contributed by atoms with Crippen LogP contribution in [-0.4, -0.2) is 43.1 Å². The van der Waals surface area contributed by atoms with E-state index in [9.17, 15) is 4.79 Å². The van der Waals surface area contributed by atoms with Crippen molar-refractivity contribution in [2.45, 2.75) is 11.2 Å². The highest BCUT2D eigenvalue weighted by Crippen LogP contribution is 2.18. The van der Waals surface area contributed by atoms with Crippen molar-refractivity contribution in [1.29, 1.82) is 0 Å². The summed E-state index contributed by atoms with van der Waals surface area (Å²) in [4.78, 5) is 10.6. The molecule has 0 aliphatic carbocycles. The third kappa shape index (κ3) is 2.84. The first-order valence-corrected chi connectivity index (χ1v) is 6.12. The minimum Gasteiger partial charge on any atom is -0.480 e. The van der Waals surface area contributed by atoms with Crippen molar-refractivity contribution in [2.75, 3.05) is 5.75 Å². The summed E-state index contributed by atoms with van der Waals surface area (Å²) in [5.74, 6) is -0.830. The fourth-order valence-corrected chi connectivity index (χ4v) is 2.07. The van der Waals surface area contributed by atoms with Gasteiger partial charge in [-0.3, -0.25) is 4.79 Å². The molecule has 18 heavy (non-hydrogen) atoms. The van der Waals surface area contributed by atoms with Crippen LogP contribution in [-0.2, 0) is 4.79 Å². The Balaban J connectivity index is 2.12. The molecule has 0 unspecified atom stereocenters. The Labute approximate surface area is 107 Å². The van der Waals surface area contributed by atoms with E-state index in [0.29, 0.717) is 5.16 Å². The maximum atomic E-state index is 10.6. The van der Waals surface area contributed by atoms with Crippen LogP contribution >= 0.6 is 11.8 Å². The maximum Gasteiger partial charge on any atom is 0.321 e. The van der Waals surface area contributed by atoms with Crippen molar-refractivity contribution in [1.82, 2.24) is 20.2 Å². The number of thioether (sulfide) groups is 1. The van der Waals surface area contributed by atoms with Crippen LogP contribution in [0.4, 0.5) is 0 Å². The molecule has 2 aromatic rings. The molecular weight excluding hydrogens is 254 g/mol. The Bertz CT molecular complexity index is 530. The van der Waals surface area contributed by atoms with Crippen LogP contribution in [0.15, 0.2) is 35.5 Å². The van der Waals surface area contributed by atoms with Gasteiger partial charge in [0.25, 0.3) is 0 Å². The molecule has 0 fully saturated rings. The number of carboxylic acid groups (broad SMARTS) is 1. The number of nitrogens with two attached hydrogens (primary N) is 1. The van der Waals surface area contributed by atoms with E-state index >= 15 is 0 Å². The van der Waals surface area contributed by atoms with Gasteiger partial charge in [0, 0.05) is 5.75 Å². The highest BCUT2D eigenvalue weighted by Gasteiger charge is 2.15. The van der Waals surface area contributed by atoms with Crippen LogP contribution in [0.3, 0.4) is 0 Å². The van der Waals surface area contributed by atoms with E-state index in [1.54, 1.807) is 4.68 Å². The van der Waals surface area contributed by atoms with Crippen LogP contribution in [0.2, 0.25) is 0 Å². The van der Waals surface area contributed by atoms with Gasteiger partial charge >= 0.3 is 5.97 Å². The molecule has 0 bridgehead atoms. The molecule has 0 amide bonds. The van der Waals surface area contributed by atoms with Gasteiger partial charge in [0.05, 0.1) is 5.69 Å². The molecule has 0 radical (unpaired) electrons. The van der Waals surface area contributed by atoms with Gasteiger partial charge in [0.1, 0.15) is 6.04 Å². The SMILES string of the molecule is N[C@H](CSc1nnnn1-c1ccccc1)C(=O)O. The molecule has 0 aliphatic heterocycles. The number of carboxylic acids is 1. The lowest BCUT2D eigenvalue weighted by Crippen LogP contribution is -2.32. The highest BCUT2D eigenvalue weighted by atomic mass is 32.2. The van der Waals surface area contributed by atoms with Crippen LogP contribution in [0.5, 0.6) is 0 Å². The maximum absolute atomic E-state index is 10.6. The van der Waals surface area contributed by atoms with Crippen molar-refractivity contribution in [3.63, 3.8) is 0 Å². The van der Waals surface area contributed by atoms with Crippen LogP contribution in [0.1, 0.15) is 0 Å². The Morgan fingerprint density at radius 3 is 2.83 bits per heavy atom. The largest absolute Gasteiger partial charge is 0.480 e. The number of hydrogen-bond donors (Lipinski definition) is 2. The van der Waals surface area contributed by atoms with Crippen molar-refractivity contribution < 1.29 is 9.90 Å². The summed E-state index contributed by atoms with van der Waals surface area (Å²) in [5, 5.41) is 20.5. The van der Waals surface area contributed by atoms with Crippen molar-refractivity contribution in [3.05, 3.63) is 30.3 Å². The zero-order chi connectivity index (χ0) is 13.0. The van der Waals surface area contributed by atoms with Gasteiger partial charge in [-0.05, 0) is 22.6 Å². The van der Waals surface area contributed by atoms with Gasteiger partial charge in [-0.25, -0.2) is 0 Å². The van der Waals surface area contributed by atoms with Gasteiger partial charge < -0.3 is 10.8 Å². The number of benzene rings is 1. The van der Waals surface area contributed by atoms with Gasteiger partial charge in [-0.2, -0.15) is 4.68 Å². The molecule has 3 N–H and O–H groups in total. The predicted molar refractivity (Wildman–Crippen MR) is 65.5 cm³/mol. The van der Waals surface area contributed by atoms with Crippen molar-refractivity contribution in [3.8, 4) is 5.69 Å². The second-order valence-corrected chi connectivity index (χ2v) is 4.45.